The van der Waals surface area contributed by atoms with E-state index >= 15 is 0 Å². The first-order chi connectivity index (χ1) is 9.61. The number of aromatic nitrogens is 1. The summed E-state index contributed by atoms with van der Waals surface area (Å²) in [6.07, 6.45) is 5.16. The fraction of sp³-hybridized carbons (Fsp3) is 0.615. The summed E-state index contributed by atoms with van der Waals surface area (Å²) in [6.45, 7) is 0. The van der Waals surface area contributed by atoms with Crippen molar-refractivity contribution in [2.75, 3.05) is 12.4 Å². The number of hydrogen-bond acceptors (Lipinski definition) is 6. The Bertz CT molecular complexity index is 481. The second-order valence-corrected chi connectivity index (χ2v) is 5.03. The summed E-state index contributed by atoms with van der Waals surface area (Å²) < 4.78 is 5.03. The largest absolute Gasteiger partial charge is 0.481 e. The SMILES string of the molecule is COc1ccc([N+](=O)[O-])c(NC2CCCCCC2N)n1. The molecule has 1 fully saturated rings. The highest BCUT2D eigenvalue weighted by atomic mass is 16.6. The molecule has 2 rings (SSSR count). The number of anilines is 1. The van der Waals surface area contributed by atoms with E-state index < -0.39 is 4.92 Å². The van der Waals surface area contributed by atoms with Gasteiger partial charge in [-0.3, -0.25) is 10.1 Å². The summed E-state index contributed by atoms with van der Waals surface area (Å²) in [6, 6.07) is 2.88. The van der Waals surface area contributed by atoms with Crippen LogP contribution in [-0.4, -0.2) is 29.1 Å². The number of nitrogens with two attached hydrogens (primary N) is 1. The van der Waals surface area contributed by atoms with Crippen LogP contribution in [0.3, 0.4) is 0 Å². The number of ether oxygens (including phenoxy) is 1. The summed E-state index contributed by atoms with van der Waals surface area (Å²) in [7, 11) is 1.48. The lowest BCUT2D eigenvalue weighted by Crippen LogP contribution is -2.39. The van der Waals surface area contributed by atoms with Gasteiger partial charge in [0.1, 0.15) is 0 Å². The molecular weight excluding hydrogens is 260 g/mol. The molecule has 1 aliphatic carbocycles. The zero-order valence-corrected chi connectivity index (χ0v) is 11.5. The van der Waals surface area contributed by atoms with E-state index in [-0.39, 0.29) is 23.6 Å². The van der Waals surface area contributed by atoms with Gasteiger partial charge in [0.25, 0.3) is 0 Å². The normalized spacial score (nSPS) is 22.9. The van der Waals surface area contributed by atoms with Crippen molar-refractivity contribution < 1.29 is 9.66 Å². The minimum atomic E-state index is -0.447. The molecule has 1 saturated carbocycles. The molecule has 0 spiro atoms. The van der Waals surface area contributed by atoms with Gasteiger partial charge in [-0.2, -0.15) is 4.98 Å². The average molecular weight is 280 g/mol. The van der Waals surface area contributed by atoms with Crippen LogP contribution in [0.1, 0.15) is 32.1 Å². The zero-order chi connectivity index (χ0) is 14.5. The molecule has 0 aliphatic heterocycles. The lowest BCUT2D eigenvalue weighted by atomic mass is 10.0. The molecule has 7 nitrogen and oxygen atoms in total. The summed E-state index contributed by atoms with van der Waals surface area (Å²) in [5, 5.41) is 14.2. The molecule has 1 aliphatic rings. The Labute approximate surface area is 117 Å². The quantitative estimate of drug-likeness (QED) is 0.497. The third-order valence-electron chi connectivity index (χ3n) is 3.65. The molecule has 3 N–H and O–H groups in total. The molecule has 0 amide bonds. The average Bonchev–Trinajstić information content (AvgIpc) is 2.64. The van der Waals surface area contributed by atoms with Crippen LogP contribution in [0.25, 0.3) is 0 Å². The van der Waals surface area contributed by atoms with E-state index in [9.17, 15) is 10.1 Å². The van der Waals surface area contributed by atoms with Crippen LogP contribution < -0.4 is 15.8 Å². The Hall–Kier alpha value is -1.89. The first-order valence-corrected chi connectivity index (χ1v) is 6.83. The molecule has 0 bridgehead atoms. The molecule has 1 aromatic heterocycles. The van der Waals surface area contributed by atoms with Crippen LogP contribution >= 0.6 is 0 Å². The van der Waals surface area contributed by atoms with E-state index in [1.54, 1.807) is 0 Å². The van der Waals surface area contributed by atoms with Crippen molar-refractivity contribution >= 4 is 11.5 Å². The number of nitrogens with one attached hydrogen (secondary N) is 1. The van der Waals surface area contributed by atoms with Gasteiger partial charge in [0, 0.05) is 24.2 Å². The molecule has 0 saturated heterocycles. The Kier molecular flexibility index (Phi) is 4.73. The smallest absolute Gasteiger partial charge is 0.311 e. The van der Waals surface area contributed by atoms with Crippen LogP contribution in [0.4, 0.5) is 11.5 Å². The number of hydrogen-bond donors (Lipinski definition) is 2. The third kappa shape index (κ3) is 3.36. The molecule has 0 aromatic carbocycles. The number of pyridine rings is 1. The van der Waals surface area contributed by atoms with E-state index in [0.29, 0.717) is 5.88 Å². The Balaban J connectivity index is 2.23. The molecule has 1 heterocycles. The van der Waals surface area contributed by atoms with Crippen molar-refractivity contribution in [1.29, 1.82) is 0 Å². The fourth-order valence-corrected chi connectivity index (χ4v) is 2.49. The summed E-state index contributed by atoms with van der Waals surface area (Å²) in [5.74, 6) is 0.581. The van der Waals surface area contributed by atoms with E-state index in [1.165, 1.54) is 19.2 Å². The first kappa shape index (κ1) is 14.5. The van der Waals surface area contributed by atoms with Crippen molar-refractivity contribution in [1.82, 2.24) is 4.98 Å². The maximum absolute atomic E-state index is 11.1. The van der Waals surface area contributed by atoms with E-state index in [1.807, 2.05) is 0 Å². The zero-order valence-electron chi connectivity index (χ0n) is 11.5. The van der Waals surface area contributed by atoms with Crippen LogP contribution in [0, 0.1) is 10.1 Å². The Morgan fingerprint density at radius 2 is 2.15 bits per heavy atom. The van der Waals surface area contributed by atoms with Crippen molar-refractivity contribution in [3.05, 3.63) is 22.2 Å². The van der Waals surface area contributed by atoms with Gasteiger partial charge in [0.15, 0.2) is 0 Å². The molecular formula is C13H20N4O3. The predicted molar refractivity (Wildman–Crippen MR) is 75.9 cm³/mol. The van der Waals surface area contributed by atoms with Gasteiger partial charge in [-0.1, -0.05) is 19.3 Å². The van der Waals surface area contributed by atoms with E-state index in [4.69, 9.17) is 10.5 Å². The van der Waals surface area contributed by atoms with Crippen molar-refractivity contribution in [3.63, 3.8) is 0 Å². The van der Waals surface area contributed by atoms with Gasteiger partial charge in [-0.25, -0.2) is 0 Å². The molecule has 0 radical (unpaired) electrons. The Morgan fingerprint density at radius 1 is 1.40 bits per heavy atom. The van der Waals surface area contributed by atoms with E-state index in [0.717, 1.165) is 32.1 Å². The van der Waals surface area contributed by atoms with Crippen LogP contribution in [0.5, 0.6) is 5.88 Å². The van der Waals surface area contributed by atoms with Gasteiger partial charge in [0.2, 0.25) is 11.7 Å². The molecule has 20 heavy (non-hydrogen) atoms. The number of methoxy groups -OCH3 is 1. The number of rotatable bonds is 4. The maximum atomic E-state index is 11.1. The Morgan fingerprint density at radius 3 is 2.85 bits per heavy atom. The van der Waals surface area contributed by atoms with Gasteiger partial charge >= 0.3 is 5.69 Å². The van der Waals surface area contributed by atoms with Crippen molar-refractivity contribution in [2.45, 2.75) is 44.2 Å². The summed E-state index contributed by atoms with van der Waals surface area (Å²) in [5.41, 5.74) is 6.08. The molecule has 1 aromatic rings. The molecule has 2 atom stereocenters. The molecule has 7 heteroatoms. The van der Waals surface area contributed by atoms with Crippen LogP contribution in [0.15, 0.2) is 12.1 Å². The summed E-state index contributed by atoms with van der Waals surface area (Å²) in [4.78, 5) is 14.8. The standard InChI is InChI=1S/C13H20N4O3/c1-20-12-8-7-11(17(18)19)13(16-12)15-10-6-4-2-3-5-9(10)14/h7-10H,2-6,14H2,1H3,(H,15,16). The monoisotopic (exact) mass is 280 g/mol. The van der Waals surface area contributed by atoms with Gasteiger partial charge < -0.3 is 15.8 Å². The van der Waals surface area contributed by atoms with Crippen LogP contribution in [-0.2, 0) is 0 Å². The second-order valence-electron chi connectivity index (χ2n) is 5.03. The highest BCUT2D eigenvalue weighted by Gasteiger charge is 2.24. The van der Waals surface area contributed by atoms with Crippen molar-refractivity contribution in [2.24, 2.45) is 5.73 Å². The van der Waals surface area contributed by atoms with Crippen molar-refractivity contribution in [3.8, 4) is 5.88 Å². The first-order valence-electron chi connectivity index (χ1n) is 6.83. The predicted octanol–water partition coefficient (Wildman–Crippen LogP) is 2.07. The highest BCUT2D eigenvalue weighted by Crippen LogP contribution is 2.28. The second kappa shape index (κ2) is 6.51. The number of nitrogens with zero attached hydrogens (tertiary/aromatic N) is 2. The van der Waals surface area contributed by atoms with E-state index in [2.05, 4.69) is 10.3 Å². The fourth-order valence-electron chi connectivity index (χ4n) is 2.49. The highest BCUT2D eigenvalue weighted by molar-refractivity contribution is 5.57. The minimum Gasteiger partial charge on any atom is -0.481 e. The summed E-state index contributed by atoms with van der Waals surface area (Å²) >= 11 is 0. The maximum Gasteiger partial charge on any atom is 0.311 e. The lowest BCUT2D eigenvalue weighted by Gasteiger charge is -2.23. The third-order valence-corrected chi connectivity index (χ3v) is 3.65. The number of nitro groups is 1. The van der Waals surface area contributed by atoms with Gasteiger partial charge in [-0.15, -0.1) is 0 Å². The lowest BCUT2D eigenvalue weighted by molar-refractivity contribution is -0.384. The van der Waals surface area contributed by atoms with Gasteiger partial charge in [0.05, 0.1) is 12.0 Å². The molecule has 110 valence electrons. The minimum absolute atomic E-state index is 0.00916. The molecule has 2 unspecified atom stereocenters. The topological polar surface area (TPSA) is 103 Å². The van der Waals surface area contributed by atoms with Crippen LogP contribution in [0.2, 0.25) is 0 Å². The van der Waals surface area contributed by atoms with Gasteiger partial charge in [-0.05, 0) is 12.8 Å².